The van der Waals surface area contributed by atoms with Crippen LogP contribution in [0.25, 0.3) is 0 Å². The lowest BCUT2D eigenvalue weighted by atomic mass is 10.4. The molecule has 1 amide bonds. The van der Waals surface area contributed by atoms with Gasteiger partial charge in [0.2, 0.25) is 0 Å². The summed E-state index contributed by atoms with van der Waals surface area (Å²) in [6.07, 6.45) is -1.69. The Morgan fingerprint density at radius 3 is 2.21 bits per heavy atom. The maximum atomic E-state index is 12.4. The standard InChI is InChI=1S/C7H6FNO4S/c8-5-1-3-6(4-2-5)14(12,13)9-7(10)11/h1-4,9H,(H,10,11). The Morgan fingerprint density at radius 2 is 1.79 bits per heavy atom. The normalized spacial score (nSPS) is 10.9. The molecule has 0 radical (unpaired) electrons. The van der Waals surface area contributed by atoms with E-state index >= 15 is 0 Å². The van der Waals surface area contributed by atoms with E-state index in [1.165, 1.54) is 4.72 Å². The number of carbonyl (C=O) groups is 1. The molecule has 0 spiro atoms. The number of nitrogens with one attached hydrogen (secondary N) is 1. The molecule has 0 fully saturated rings. The second kappa shape index (κ2) is 3.62. The van der Waals surface area contributed by atoms with Crippen LogP contribution in [0.3, 0.4) is 0 Å². The smallest absolute Gasteiger partial charge is 0.418 e. The third-order valence-corrected chi connectivity index (χ3v) is 2.68. The molecule has 0 aliphatic carbocycles. The Bertz CT molecular complexity index is 439. The summed E-state index contributed by atoms with van der Waals surface area (Å²) in [6.45, 7) is 0. The second-order valence-corrected chi connectivity index (χ2v) is 4.05. The fourth-order valence-corrected chi connectivity index (χ4v) is 1.63. The minimum absolute atomic E-state index is 0.304. The van der Waals surface area contributed by atoms with Crippen molar-refractivity contribution < 1.29 is 22.7 Å². The highest BCUT2D eigenvalue weighted by molar-refractivity contribution is 7.90. The van der Waals surface area contributed by atoms with Gasteiger partial charge in [0.25, 0.3) is 10.0 Å². The lowest BCUT2D eigenvalue weighted by Gasteiger charge is -2.02. The van der Waals surface area contributed by atoms with E-state index < -0.39 is 21.9 Å². The van der Waals surface area contributed by atoms with Crippen molar-refractivity contribution in [2.75, 3.05) is 0 Å². The molecule has 0 saturated carbocycles. The summed E-state index contributed by atoms with van der Waals surface area (Å²) in [4.78, 5) is 9.79. The first-order valence-electron chi connectivity index (χ1n) is 3.43. The number of amides is 1. The van der Waals surface area contributed by atoms with Crippen LogP contribution in [0.5, 0.6) is 0 Å². The molecule has 76 valence electrons. The van der Waals surface area contributed by atoms with Crippen molar-refractivity contribution in [2.24, 2.45) is 0 Å². The van der Waals surface area contributed by atoms with Gasteiger partial charge in [-0.1, -0.05) is 0 Å². The molecule has 0 atom stereocenters. The number of rotatable bonds is 2. The summed E-state index contributed by atoms with van der Waals surface area (Å²) in [5, 5.41) is 8.20. The van der Waals surface area contributed by atoms with Gasteiger partial charge in [-0.25, -0.2) is 22.3 Å². The zero-order valence-electron chi connectivity index (χ0n) is 6.77. The lowest BCUT2D eigenvalue weighted by Crippen LogP contribution is -2.28. The van der Waals surface area contributed by atoms with Gasteiger partial charge < -0.3 is 5.11 Å². The summed E-state index contributed by atoms with van der Waals surface area (Å²) < 4.78 is 36.0. The minimum Gasteiger partial charge on any atom is -0.464 e. The van der Waals surface area contributed by atoms with Gasteiger partial charge in [0.1, 0.15) is 5.82 Å². The van der Waals surface area contributed by atoms with Crippen LogP contribution in [0.15, 0.2) is 29.2 Å². The molecule has 1 aromatic rings. The molecular formula is C7H6FNO4S. The monoisotopic (exact) mass is 219 g/mol. The van der Waals surface area contributed by atoms with Crippen LogP contribution in [-0.4, -0.2) is 19.6 Å². The Morgan fingerprint density at radius 1 is 1.29 bits per heavy atom. The molecule has 0 aliphatic rings. The summed E-state index contributed by atoms with van der Waals surface area (Å²) >= 11 is 0. The van der Waals surface area contributed by atoms with E-state index in [9.17, 15) is 17.6 Å². The molecule has 0 unspecified atom stereocenters. The molecule has 0 aliphatic heterocycles. The van der Waals surface area contributed by atoms with Crippen molar-refractivity contribution in [1.29, 1.82) is 0 Å². The summed E-state index contributed by atoms with van der Waals surface area (Å²) in [5.74, 6) is -0.598. The summed E-state index contributed by atoms with van der Waals surface area (Å²) in [7, 11) is -4.09. The van der Waals surface area contributed by atoms with Gasteiger partial charge in [0.05, 0.1) is 4.90 Å². The molecule has 0 aromatic heterocycles. The van der Waals surface area contributed by atoms with Crippen LogP contribution in [0.1, 0.15) is 0 Å². The third-order valence-electron chi connectivity index (χ3n) is 1.35. The van der Waals surface area contributed by atoms with Crippen molar-refractivity contribution in [2.45, 2.75) is 4.90 Å². The van der Waals surface area contributed by atoms with Gasteiger partial charge in [-0.2, -0.15) is 0 Å². The molecule has 0 saturated heterocycles. The van der Waals surface area contributed by atoms with E-state index in [1.54, 1.807) is 0 Å². The van der Waals surface area contributed by atoms with Crippen LogP contribution in [0.4, 0.5) is 9.18 Å². The van der Waals surface area contributed by atoms with E-state index in [0.29, 0.717) is 0 Å². The number of carboxylic acid groups (broad SMARTS) is 1. The van der Waals surface area contributed by atoms with Crippen LogP contribution < -0.4 is 4.72 Å². The maximum absolute atomic E-state index is 12.4. The third kappa shape index (κ3) is 2.43. The topological polar surface area (TPSA) is 83.5 Å². The minimum atomic E-state index is -4.09. The van der Waals surface area contributed by atoms with Crippen molar-refractivity contribution in [3.8, 4) is 0 Å². The summed E-state index contributed by atoms with van der Waals surface area (Å²) in [5.41, 5.74) is 0. The second-order valence-electron chi connectivity index (χ2n) is 2.36. The zero-order chi connectivity index (χ0) is 10.8. The van der Waals surface area contributed by atoms with Gasteiger partial charge in [-0.05, 0) is 24.3 Å². The highest BCUT2D eigenvalue weighted by Crippen LogP contribution is 2.08. The largest absolute Gasteiger partial charge is 0.464 e. The van der Waals surface area contributed by atoms with E-state index in [4.69, 9.17) is 5.11 Å². The quantitative estimate of drug-likeness (QED) is 0.769. The van der Waals surface area contributed by atoms with Crippen molar-refractivity contribution in [3.05, 3.63) is 30.1 Å². The first kappa shape index (κ1) is 10.5. The SMILES string of the molecule is O=C(O)NS(=O)(=O)c1ccc(F)cc1. The average Bonchev–Trinajstić information content (AvgIpc) is 2.02. The lowest BCUT2D eigenvalue weighted by molar-refractivity contribution is 0.201. The van der Waals surface area contributed by atoms with Crippen LogP contribution in [0.2, 0.25) is 0 Å². The zero-order valence-corrected chi connectivity index (χ0v) is 7.58. The van der Waals surface area contributed by atoms with Crippen LogP contribution in [-0.2, 0) is 10.0 Å². The first-order chi connectivity index (χ1) is 6.42. The van der Waals surface area contributed by atoms with E-state index in [2.05, 4.69) is 0 Å². The van der Waals surface area contributed by atoms with Crippen LogP contribution in [0, 0.1) is 5.82 Å². The molecule has 2 N–H and O–H groups in total. The van der Waals surface area contributed by atoms with Crippen LogP contribution >= 0.6 is 0 Å². The van der Waals surface area contributed by atoms with Gasteiger partial charge in [0, 0.05) is 0 Å². The highest BCUT2D eigenvalue weighted by Gasteiger charge is 2.16. The molecule has 5 nitrogen and oxygen atoms in total. The molecule has 1 aromatic carbocycles. The van der Waals surface area contributed by atoms with Gasteiger partial charge in [-0.15, -0.1) is 0 Å². The molecule has 0 heterocycles. The van der Waals surface area contributed by atoms with E-state index in [0.717, 1.165) is 24.3 Å². The van der Waals surface area contributed by atoms with Crippen molar-refractivity contribution in [3.63, 3.8) is 0 Å². The van der Waals surface area contributed by atoms with Crippen molar-refractivity contribution >= 4 is 16.1 Å². The average molecular weight is 219 g/mol. The Hall–Kier alpha value is -1.63. The number of benzene rings is 1. The number of halogens is 1. The van der Waals surface area contributed by atoms with Gasteiger partial charge in [-0.3, -0.25) is 0 Å². The van der Waals surface area contributed by atoms with Gasteiger partial charge >= 0.3 is 6.09 Å². The molecule has 7 heteroatoms. The molecule has 1 rings (SSSR count). The predicted octanol–water partition coefficient (Wildman–Crippen LogP) is 0.782. The summed E-state index contributed by atoms with van der Waals surface area (Å²) in [6, 6.07) is 3.80. The highest BCUT2D eigenvalue weighted by atomic mass is 32.2. The molecule has 0 bridgehead atoms. The fourth-order valence-electron chi connectivity index (χ4n) is 0.788. The maximum Gasteiger partial charge on any atom is 0.418 e. The molecule has 14 heavy (non-hydrogen) atoms. The Kier molecular flexibility index (Phi) is 2.70. The first-order valence-corrected chi connectivity index (χ1v) is 4.91. The van der Waals surface area contributed by atoms with E-state index in [1.807, 2.05) is 0 Å². The van der Waals surface area contributed by atoms with Gasteiger partial charge in [0.15, 0.2) is 0 Å². The Balaban J connectivity index is 3.05. The van der Waals surface area contributed by atoms with Crippen molar-refractivity contribution in [1.82, 2.24) is 4.72 Å². The Labute approximate surface area is 79.2 Å². The predicted molar refractivity (Wildman–Crippen MR) is 44.7 cm³/mol. The fraction of sp³-hybridized carbons (Fsp3) is 0. The molecular weight excluding hydrogens is 213 g/mol. The number of sulfonamides is 1. The number of hydrogen-bond donors (Lipinski definition) is 2. The van der Waals surface area contributed by atoms with E-state index in [-0.39, 0.29) is 4.90 Å². The number of hydrogen-bond acceptors (Lipinski definition) is 3.